The molecule has 8 heteroatoms. The number of hydrogen-bond acceptors (Lipinski definition) is 7. The molecule has 1 saturated heterocycles. The number of nitrogens with one attached hydrogen (secondary N) is 1. The standard InChI is InChI=1S/C20H22N4O2S2/c1-13-17-15(12-28-13)22-18(23-19(17)24-7-9-27-10-8-24)20(25)21-11-14-5-3-4-6-16(14)26-2/h3-6,12H,7-11H2,1-2H3,(H,21,25). The molecular weight excluding hydrogens is 392 g/mol. The summed E-state index contributed by atoms with van der Waals surface area (Å²) in [6.45, 7) is 4.32. The average Bonchev–Trinajstić information content (AvgIpc) is 3.13. The Balaban J connectivity index is 1.62. The van der Waals surface area contributed by atoms with Gasteiger partial charge in [-0.05, 0) is 13.0 Å². The topological polar surface area (TPSA) is 67.3 Å². The number of hydrogen-bond donors (Lipinski definition) is 1. The fraction of sp³-hybridized carbons (Fsp3) is 0.350. The molecule has 0 bridgehead atoms. The minimum atomic E-state index is -0.274. The number of thiophene rings is 1. The number of carbonyl (C=O) groups is 1. The minimum Gasteiger partial charge on any atom is -0.496 e. The Labute approximate surface area is 172 Å². The predicted octanol–water partition coefficient (Wildman–Crippen LogP) is 3.49. The van der Waals surface area contributed by atoms with Crippen LogP contribution in [-0.2, 0) is 6.54 Å². The second-order valence-corrected chi connectivity index (χ2v) is 8.83. The van der Waals surface area contributed by atoms with E-state index in [0.717, 1.165) is 52.6 Å². The maximum Gasteiger partial charge on any atom is 0.289 e. The highest BCUT2D eigenvalue weighted by molar-refractivity contribution is 7.99. The Morgan fingerprint density at radius 3 is 2.82 bits per heavy atom. The van der Waals surface area contributed by atoms with Gasteiger partial charge in [-0.1, -0.05) is 18.2 Å². The van der Waals surface area contributed by atoms with E-state index in [1.165, 1.54) is 4.88 Å². The minimum absolute atomic E-state index is 0.216. The average molecular weight is 415 g/mol. The fourth-order valence-electron chi connectivity index (χ4n) is 3.30. The molecule has 1 aliphatic rings. The van der Waals surface area contributed by atoms with Gasteiger partial charge < -0.3 is 15.0 Å². The number of carbonyl (C=O) groups excluding carboxylic acids is 1. The van der Waals surface area contributed by atoms with Crippen LogP contribution in [0.3, 0.4) is 0 Å². The first-order valence-electron chi connectivity index (χ1n) is 9.16. The molecule has 0 spiro atoms. The Kier molecular flexibility index (Phi) is 5.68. The SMILES string of the molecule is COc1ccccc1CNC(=O)c1nc(N2CCSCC2)c2c(C)scc2n1. The summed E-state index contributed by atoms with van der Waals surface area (Å²) < 4.78 is 5.35. The number of benzene rings is 1. The first-order chi connectivity index (χ1) is 13.7. The lowest BCUT2D eigenvalue weighted by Crippen LogP contribution is -2.34. The van der Waals surface area contributed by atoms with Crippen molar-refractivity contribution < 1.29 is 9.53 Å². The van der Waals surface area contributed by atoms with Crippen molar-refractivity contribution in [2.45, 2.75) is 13.5 Å². The van der Waals surface area contributed by atoms with Crippen molar-refractivity contribution >= 4 is 45.7 Å². The van der Waals surface area contributed by atoms with Gasteiger partial charge in [-0.3, -0.25) is 4.79 Å². The molecule has 0 radical (unpaired) electrons. The molecule has 1 aliphatic heterocycles. The van der Waals surface area contributed by atoms with Crippen molar-refractivity contribution in [2.75, 3.05) is 36.6 Å². The molecule has 28 heavy (non-hydrogen) atoms. The number of fused-ring (bicyclic) bond motifs is 1. The van der Waals surface area contributed by atoms with Gasteiger partial charge in [-0.15, -0.1) is 11.3 Å². The zero-order valence-electron chi connectivity index (χ0n) is 15.9. The van der Waals surface area contributed by atoms with Gasteiger partial charge in [-0.25, -0.2) is 9.97 Å². The van der Waals surface area contributed by atoms with E-state index in [0.29, 0.717) is 6.54 Å². The molecule has 1 aromatic carbocycles. The Bertz CT molecular complexity index is 999. The van der Waals surface area contributed by atoms with Crippen molar-refractivity contribution in [1.29, 1.82) is 0 Å². The molecule has 146 valence electrons. The van der Waals surface area contributed by atoms with E-state index >= 15 is 0 Å². The Morgan fingerprint density at radius 1 is 1.25 bits per heavy atom. The van der Waals surface area contributed by atoms with E-state index in [9.17, 15) is 4.79 Å². The van der Waals surface area contributed by atoms with Crippen LogP contribution in [0.2, 0.25) is 0 Å². The van der Waals surface area contributed by atoms with Crippen molar-refractivity contribution in [1.82, 2.24) is 15.3 Å². The van der Waals surface area contributed by atoms with Crippen molar-refractivity contribution in [3.63, 3.8) is 0 Å². The summed E-state index contributed by atoms with van der Waals surface area (Å²) in [5.41, 5.74) is 1.76. The van der Waals surface area contributed by atoms with Gasteiger partial charge in [0.05, 0.1) is 18.0 Å². The summed E-state index contributed by atoms with van der Waals surface area (Å²) in [6, 6.07) is 7.64. The van der Waals surface area contributed by atoms with Crippen molar-refractivity contribution in [3.8, 4) is 5.75 Å². The summed E-state index contributed by atoms with van der Waals surface area (Å²) in [7, 11) is 1.62. The maximum absolute atomic E-state index is 12.8. The number of amides is 1. The molecule has 4 rings (SSSR count). The van der Waals surface area contributed by atoms with Gasteiger partial charge >= 0.3 is 0 Å². The smallest absolute Gasteiger partial charge is 0.289 e. The summed E-state index contributed by atoms with van der Waals surface area (Å²) in [5, 5.41) is 6.00. The van der Waals surface area contributed by atoms with Gasteiger partial charge in [0.25, 0.3) is 5.91 Å². The highest BCUT2D eigenvalue weighted by Crippen LogP contribution is 2.32. The van der Waals surface area contributed by atoms with Gasteiger partial charge in [0.1, 0.15) is 11.6 Å². The lowest BCUT2D eigenvalue weighted by molar-refractivity contribution is 0.0940. The molecule has 6 nitrogen and oxygen atoms in total. The normalized spacial score (nSPS) is 14.3. The molecule has 3 aromatic rings. The van der Waals surface area contributed by atoms with Crippen LogP contribution in [0.15, 0.2) is 29.6 Å². The number of nitrogens with zero attached hydrogens (tertiary/aromatic N) is 3. The summed E-state index contributed by atoms with van der Waals surface area (Å²) in [5.74, 6) is 3.72. The van der Waals surface area contributed by atoms with Crippen LogP contribution in [0.4, 0.5) is 5.82 Å². The highest BCUT2D eigenvalue weighted by Gasteiger charge is 2.22. The fourth-order valence-corrected chi connectivity index (χ4v) is 4.98. The summed E-state index contributed by atoms with van der Waals surface area (Å²) in [4.78, 5) is 25.5. The second kappa shape index (κ2) is 8.36. The Hall–Kier alpha value is -2.32. The number of ether oxygens (including phenoxy) is 1. The number of rotatable bonds is 5. The highest BCUT2D eigenvalue weighted by atomic mass is 32.2. The van der Waals surface area contributed by atoms with Crippen LogP contribution in [0.1, 0.15) is 21.1 Å². The second-order valence-electron chi connectivity index (χ2n) is 6.52. The van der Waals surface area contributed by atoms with E-state index in [1.54, 1.807) is 18.4 Å². The van der Waals surface area contributed by atoms with Crippen molar-refractivity contribution in [3.05, 3.63) is 45.9 Å². The van der Waals surface area contributed by atoms with Crippen LogP contribution < -0.4 is 15.0 Å². The van der Waals surface area contributed by atoms with Crippen LogP contribution in [0.25, 0.3) is 10.9 Å². The van der Waals surface area contributed by atoms with Gasteiger partial charge in [-0.2, -0.15) is 11.8 Å². The molecule has 0 aliphatic carbocycles. The first-order valence-corrected chi connectivity index (χ1v) is 11.2. The number of thioether (sulfide) groups is 1. The predicted molar refractivity (Wildman–Crippen MR) is 116 cm³/mol. The third-order valence-electron chi connectivity index (χ3n) is 4.76. The molecule has 1 N–H and O–H groups in total. The van der Waals surface area contributed by atoms with Crippen molar-refractivity contribution in [2.24, 2.45) is 0 Å². The number of para-hydroxylation sites is 1. The van der Waals surface area contributed by atoms with E-state index in [1.807, 2.05) is 41.4 Å². The number of anilines is 1. The van der Waals surface area contributed by atoms with Gasteiger partial charge in [0, 0.05) is 47.0 Å². The maximum atomic E-state index is 12.8. The lowest BCUT2D eigenvalue weighted by Gasteiger charge is -2.28. The number of aromatic nitrogens is 2. The van der Waals surface area contributed by atoms with Crippen LogP contribution in [0.5, 0.6) is 5.75 Å². The zero-order valence-corrected chi connectivity index (χ0v) is 17.5. The number of methoxy groups -OCH3 is 1. The first kappa shape index (κ1) is 19.0. The van der Waals surface area contributed by atoms with E-state index < -0.39 is 0 Å². The lowest BCUT2D eigenvalue weighted by atomic mass is 10.2. The van der Waals surface area contributed by atoms with Gasteiger partial charge in [0.2, 0.25) is 5.82 Å². The summed E-state index contributed by atoms with van der Waals surface area (Å²) in [6.07, 6.45) is 0. The van der Waals surface area contributed by atoms with Crippen LogP contribution >= 0.6 is 23.1 Å². The molecule has 0 saturated carbocycles. The molecular formula is C20H22N4O2S2. The molecule has 2 aromatic heterocycles. The van der Waals surface area contributed by atoms with E-state index in [2.05, 4.69) is 27.1 Å². The molecule has 1 amide bonds. The third-order valence-corrected chi connectivity index (χ3v) is 6.60. The zero-order chi connectivity index (χ0) is 19.5. The van der Waals surface area contributed by atoms with Crippen LogP contribution in [0, 0.1) is 6.92 Å². The van der Waals surface area contributed by atoms with Crippen LogP contribution in [-0.4, -0.2) is 47.6 Å². The monoisotopic (exact) mass is 414 g/mol. The van der Waals surface area contributed by atoms with E-state index in [-0.39, 0.29) is 11.7 Å². The molecule has 3 heterocycles. The molecule has 1 fully saturated rings. The Morgan fingerprint density at radius 2 is 2.04 bits per heavy atom. The largest absolute Gasteiger partial charge is 0.496 e. The summed E-state index contributed by atoms with van der Waals surface area (Å²) >= 11 is 3.60. The molecule has 0 atom stereocenters. The van der Waals surface area contributed by atoms with E-state index in [4.69, 9.17) is 4.74 Å². The number of aryl methyl sites for hydroxylation is 1. The van der Waals surface area contributed by atoms with Gasteiger partial charge in [0.15, 0.2) is 0 Å². The quantitative estimate of drug-likeness (QED) is 0.689. The third kappa shape index (κ3) is 3.79. The molecule has 0 unspecified atom stereocenters.